The fourth-order valence-electron chi connectivity index (χ4n) is 4.23. The molecule has 1 aliphatic rings. The Balaban J connectivity index is 1.61. The third-order valence-electron chi connectivity index (χ3n) is 6.21. The van der Waals surface area contributed by atoms with Crippen LogP contribution in [0, 0.1) is 0 Å². The maximum Gasteiger partial charge on any atom is 0.319 e. The summed E-state index contributed by atoms with van der Waals surface area (Å²) >= 11 is 6.35. The van der Waals surface area contributed by atoms with Gasteiger partial charge < -0.3 is 41.2 Å². The van der Waals surface area contributed by atoms with Crippen LogP contribution in [0.15, 0.2) is 36.5 Å². The summed E-state index contributed by atoms with van der Waals surface area (Å²) in [5.74, 6) is 0.583. The van der Waals surface area contributed by atoms with E-state index in [1.54, 1.807) is 36.5 Å². The van der Waals surface area contributed by atoms with E-state index in [9.17, 15) is 14.7 Å². The van der Waals surface area contributed by atoms with Gasteiger partial charge in [-0.05, 0) is 50.2 Å². The molecule has 1 fully saturated rings. The highest BCUT2D eigenvalue weighted by molar-refractivity contribution is 6.36. The number of aliphatic hydroxyl groups is 1. The average Bonchev–Trinajstić information content (AvgIpc) is 3.43. The Morgan fingerprint density at radius 3 is 2.61 bits per heavy atom. The summed E-state index contributed by atoms with van der Waals surface area (Å²) in [7, 11) is 3.01. The van der Waals surface area contributed by atoms with E-state index in [1.807, 2.05) is 0 Å². The number of nitrogen functional groups attached to an aromatic ring is 1. The molecule has 12 heteroatoms. The average molecular weight is 543 g/mol. The van der Waals surface area contributed by atoms with Crippen LogP contribution in [-0.4, -0.2) is 73.4 Å². The predicted molar refractivity (Wildman–Crippen MR) is 146 cm³/mol. The number of halogens is 1. The van der Waals surface area contributed by atoms with Gasteiger partial charge in [-0.3, -0.25) is 9.78 Å². The molecule has 6 N–H and O–H groups in total. The van der Waals surface area contributed by atoms with Gasteiger partial charge in [0.1, 0.15) is 24.2 Å². The molecule has 202 valence electrons. The van der Waals surface area contributed by atoms with Crippen LogP contribution in [0.5, 0.6) is 17.2 Å². The number of urea groups is 1. The topological polar surface area (TPSA) is 151 Å². The zero-order valence-corrected chi connectivity index (χ0v) is 22.0. The van der Waals surface area contributed by atoms with Crippen LogP contribution in [0.4, 0.5) is 16.2 Å². The number of pyridine rings is 1. The van der Waals surface area contributed by atoms with Gasteiger partial charge in [-0.2, -0.15) is 0 Å². The number of anilines is 2. The second kappa shape index (κ2) is 12.2. The van der Waals surface area contributed by atoms with E-state index in [2.05, 4.69) is 25.8 Å². The highest BCUT2D eigenvalue weighted by Crippen LogP contribution is 2.40. The number of benzene rings is 2. The number of aliphatic hydroxyl groups excluding tert-OH is 1. The van der Waals surface area contributed by atoms with Crippen LogP contribution in [0.2, 0.25) is 5.02 Å². The molecule has 0 bridgehead atoms. The lowest BCUT2D eigenvalue weighted by atomic mass is 10.1. The number of hydrogen-bond acceptors (Lipinski definition) is 8. The van der Waals surface area contributed by atoms with Crippen molar-refractivity contribution in [1.29, 1.82) is 0 Å². The van der Waals surface area contributed by atoms with E-state index < -0.39 is 12.1 Å². The summed E-state index contributed by atoms with van der Waals surface area (Å²) in [6.07, 6.45) is 3.12. The molecule has 0 saturated carbocycles. The van der Waals surface area contributed by atoms with Crippen LogP contribution in [-0.2, 0) is 0 Å². The first-order chi connectivity index (χ1) is 18.3. The van der Waals surface area contributed by atoms with E-state index in [-0.39, 0.29) is 34.5 Å². The molecule has 3 amide bonds. The lowest BCUT2D eigenvalue weighted by Crippen LogP contribution is -2.34. The van der Waals surface area contributed by atoms with Crippen molar-refractivity contribution in [3.8, 4) is 17.2 Å². The van der Waals surface area contributed by atoms with Gasteiger partial charge in [-0.15, -0.1) is 0 Å². The monoisotopic (exact) mass is 542 g/mol. The number of carbonyl (C=O) groups excluding carboxylic acids is 2. The van der Waals surface area contributed by atoms with E-state index in [4.69, 9.17) is 26.8 Å². The second-order valence-corrected chi connectivity index (χ2v) is 9.25. The number of fused-ring (bicyclic) bond motifs is 1. The van der Waals surface area contributed by atoms with Gasteiger partial charge in [-0.1, -0.05) is 11.6 Å². The Morgan fingerprint density at radius 1 is 1.13 bits per heavy atom. The van der Waals surface area contributed by atoms with Gasteiger partial charge in [0, 0.05) is 38.3 Å². The molecule has 2 heterocycles. The summed E-state index contributed by atoms with van der Waals surface area (Å²) in [5, 5.41) is 18.8. The fraction of sp³-hybridized carbons (Fsp3) is 0.346. The fourth-order valence-corrected chi connectivity index (χ4v) is 4.44. The third-order valence-corrected chi connectivity index (χ3v) is 6.62. The van der Waals surface area contributed by atoms with Crippen molar-refractivity contribution in [1.82, 2.24) is 20.5 Å². The summed E-state index contributed by atoms with van der Waals surface area (Å²) in [4.78, 5) is 31.0. The summed E-state index contributed by atoms with van der Waals surface area (Å²) in [5.41, 5.74) is 7.42. The van der Waals surface area contributed by atoms with Gasteiger partial charge >= 0.3 is 6.03 Å². The normalized spacial score (nSPS) is 14.2. The minimum atomic E-state index is -0.697. The highest BCUT2D eigenvalue weighted by atomic mass is 35.5. The molecule has 1 atom stereocenters. The smallest absolute Gasteiger partial charge is 0.319 e. The van der Waals surface area contributed by atoms with E-state index in [0.717, 1.165) is 25.9 Å². The second-order valence-electron chi connectivity index (χ2n) is 8.87. The lowest BCUT2D eigenvalue weighted by molar-refractivity contribution is 0.0746. The van der Waals surface area contributed by atoms with Crippen LogP contribution in [0.1, 0.15) is 23.2 Å². The molecule has 0 spiro atoms. The Bertz CT molecular complexity index is 1330. The Morgan fingerprint density at radius 2 is 1.89 bits per heavy atom. The quantitative estimate of drug-likeness (QED) is 0.259. The van der Waals surface area contributed by atoms with E-state index in [1.165, 1.54) is 14.1 Å². The summed E-state index contributed by atoms with van der Waals surface area (Å²) < 4.78 is 12.0. The van der Waals surface area contributed by atoms with Crippen molar-refractivity contribution in [2.75, 3.05) is 51.4 Å². The van der Waals surface area contributed by atoms with Gasteiger partial charge in [0.05, 0.1) is 27.5 Å². The highest BCUT2D eigenvalue weighted by Gasteiger charge is 2.20. The Hall–Kier alpha value is -3.80. The maximum absolute atomic E-state index is 12.7. The molecule has 11 nitrogen and oxygen atoms in total. The van der Waals surface area contributed by atoms with Gasteiger partial charge in [-0.25, -0.2) is 4.79 Å². The zero-order chi connectivity index (χ0) is 27.2. The number of rotatable bonds is 9. The van der Waals surface area contributed by atoms with Gasteiger partial charge in [0.25, 0.3) is 5.91 Å². The van der Waals surface area contributed by atoms with Crippen molar-refractivity contribution in [3.05, 3.63) is 47.1 Å². The number of aromatic nitrogens is 1. The maximum atomic E-state index is 12.7. The van der Waals surface area contributed by atoms with Crippen molar-refractivity contribution in [3.63, 3.8) is 0 Å². The number of ether oxygens (including phenoxy) is 2. The van der Waals surface area contributed by atoms with Crippen molar-refractivity contribution in [2.24, 2.45) is 0 Å². The summed E-state index contributed by atoms with van der Waals surface area (Å²) in [6.45, 7) is 2.48. The molecular weight excluding hydrogens is 512 g/mol. The molecule has 4 rings (SSSR count). The number of nitrogens with zero attached hydrogens (tertiary/aromatic N) is 2. The van der Waals surface area contributed by atoms with Gasteiger partial charge in [0.2, 0.25) is 0 Å². The van der Waals surface area contributed by atoms with E-state index >= 15 is 0 Å². The zero-order valence-electron chi connectivity index (χ0n) is 21.2. The van der Waals surface area contributed by atoms with Crippen LogP contribution >= 0.6 is 11.6 Å². The molecule has 2 aromatic carbocycles. The van der Waals surface area contributed by atoms with Crippen LogP contribution < -0.4 is 31.2 Å². The molecule has 0 radical (unpaired) electrons. The standard InChI is InChI=1S/C26H31ClN6O5/c1-29-25(35)17-11-16-19(12-22(17)37-14-15(34)13-33-9-3-4-10-33)31-8-7-20(16)38-21-6-5-18(23(27)24(21)28)32-26(36)30-2/h5-8,11-12,15,34H,3-4,9-10,13-14,28H2,1-2H3,(H,29,35)(H2,30,32,36)/t15-/m1/s1. The Labute approximate surface area is 225 Å². The number of amides is 3. The first kappa shape index (κ1) is 27.2. The molecule has 38 heavy (non-hydrogen) atoms. The number of β-amino-alcohol motifs (C(OH)–C–C–N with tert-alkyl or cyclic N) is 1. The number of likely N-dealkylation sites (tertiary alicyclic amines) is 1. The SMILES string of the molecule is CNC(=O)Nc1ccc(Oc2ccnc3cc(OC[C@H](O)CN4CCCC4)c(C(=O)NC)cc23)c(N)c1Cl. The number of carbonyl (C=O) groups is 2. The number of hydrogen-bond donors (Lipinski definition) is 5. The Kier molecular flexibility index (Phi) is 8.72. The molecular formula is C26H31ClN6O5. The first-order valence-electron chi connectivity index (χ1n) is 12.2. The van der Waals surface area contributed by atoms with Crippen molar-refractivity contribution >= 4 is 45.8 Å². The molecule has 0 aliphatic carbocycles. The molecule has 3 aromatic rings. The minimum Gasteiger partial charge on any atom is -0.490 e. The lowest BCUT2D eigenvalue weighted by Gasteiger charge is -2.20. The summed E-state index contributed by atoms with van der Waals surface area (Å²) in [6, 6.07) is 7.61. The van der Waals surface area contributed by atoms with E-state index in [0.29, 0.717) is 34.6 Å². The number of nitrogens with one attached hydrogen (secondary N) is 3. The molecule has 0 unspecified atom stereocenters. The van der Waals surface area contributed by atoms with Crippen LogP contribution in [0.25, 0.3) is 10.9 Å². The predicted octanol–water partition coefficient (Wildman–Crippen LogP) is 3.21. The molecule has 1 aromatic heterocycles. The van der Waals surface area contributed by atoms with Crippen molar-refractivity contribution < 1.29 is 24.2 Å². The van der Waals surface area contributed by atoms with Crippen molar-refractivity contribution in [2.45, 2.75) is 18.9 Å². The minimum absolute atomic E-state index is 0.0354. The molecule has 1 saturated heterocycles. The molecule has 1 aliphatic heterocycles. The van der Waals surface area contributed by atoms with Gasteiger partial charge in [0.15, 0.2) is 5.75 Å². The van der Waals surface area contributed by atoms with Crippen LogP contribution in [0.3, 0.4) is 0 Å². The number of nitrogens with two attached hydrogens (primary N) is 1. The first-order valence-corrected chi connectivity index (χ1v) is 12.6. The third kappa shape index (κ3) is 6.18. The largest absolute Gasteiger partial charge is 0.490 e.